The Balaban J connectivity index is 0.000000119. The minimum absolute atomic E-state index is 1.22. The van der Waals surface area contributed by atoms with Gasteiger partial charge in [0.25, 0.3) is 0 Å². The molecule has 16 aromatic carbocycles. The molecule has 0 aromatic heterocycles. The summed E-state index contributed by atoms with van der Waals surface area (Å²) in [5.41, 5.74) is 10.7. The van der Waals surface area contributed by atoms with E-state index in [-0.39, 0.29) is 0 Å². The van der Waals surface area contributed by atoms with Gasteiger partial charge in [0.2, 0.25) is 0 Å². The van der Waals surface area contributed by atoms with E-state index in [2.05, 4.69) is 485 Å². The van der Waals surface area contributed by atoms with Gasteiger partial charge in [-0.1, -0.05) is 388 Å². The first kappa shape index (κ1) is 67.1. The molecule has 0 atom stereocenters. The van der Waals surface area contributed by atoms with Crippen molar-refractivity contribution in [2.75, 3.05) is 0 Å². The zero-order valence-electron chi connectivity index (χ0n) is 56.2. The molecule has 0 aliphatic heterocycles. The largest absolute Gasteiger partial charge is 0.195 e. The third-order valence-corrected chi connectivity index (χ3v) is 28.1. The van der Waals surface area contributed by atoms with Gasteiger partial charge >= 0.3 is 0 Å². The van der Waals surface area contributed by atoms with Crippen molar-refractivity contribution in [3.05, 3.63) is 485 Å². The first-order chi connectivity index (χ1) is 49.7. The van der Waals surface area contributed by atoms with Gasteiger partial charge in [0.15, 0.2) is 0 Å². The van der Waals surface area contributed by atoms with Crippen molar-refractivity contribution in [2.24, 2.45) is 0 Å². The van der Waals surface area contributed by atoms with E-state index in [1.54, 1.807) is 0 Å². The summed E-state index contributed by atoms with van der Waals surface area (Å²) in [5.74, 6) is 0. The van der Waals surface area contributed by atoms with Crippen LogP contribution in [0.15, 0.2) is 485 Å². The summed E-state index contributed by atoms with van der Waals surface area (Å²) >= 11 is 0. The van der Waals surface area contributed by atoms with E-state index >= 15 is 0 Å². The average Bonchev–Trinajstić information content (AvgIpc) is 0.765. The van der Waals surface area contributed by atoms with E-state index < -0.39 is 26.8 Å². The van der Waals surface area contributed by atoms with Crippen molar-refractivity contribution >= 4 is 113 Å². The molecule has 0 N–H and O–H groups in total. The van der Waals surface area contributed by atoms with Crippen molar-refractivity contribution in [2.45, 2.75) is 0 Å². The molecular weight excluding hydrogens is 1240 g/mol. The molecule has 0 unspecified atom stereocenters. The third-order valence-electron chi connectivity index (χ3n) is 19.5. The molecule has 480 valence electrons. The Hall–Kier alpha value is -11.5. The van der Waals surface area contributed by atoms with Gasteiger partial charge in [-0.2, -0.15) is 43.7 Å². The van der Waals surface area contributed by atoms with E-state index in [1.807, 2.05) is 0 Å². The molecule has 0 aliphatic rings. The molecule has 16 aromatic rings. The Bertz CT molecular complexity index is 3660. The van der Waals surface area contributed by atoms with Crippen LogP contribution in [0, 0.1) is 0 Å². The van der Waals surface area contributed by atoms with Gasteiger partial charge in [0.1, 0.15) is 69.3 Å². The fourth-order valence-corrected chi connectivity index (χ4v) is 23.8. The number of hydrogen-bond acceptors (Lipinski definition) is 0. The van der Waals surface area contributed by atoms with Crippen molar-refractivity contribution in [3.63, 3.8) is 0 Å². The molecule has 0 bridgehead atoms. The topological polar surface area (TPSA) is 0 Å². The number of rotatable bonds is 16. The lowest BCUT2D eigenvalue weighted by Gasteiger charge is -2.44. The molecule has 100 heavy (non-hydrogen) atoms. The summed E-state index contributed by atoms with van der Waals surface area (Å²) in [7, 11) is -3.81. The highest BCUT2D eigenvalue weighted by Gasteiger charge is 2.49. The van der Waals surface area contributed by atoms with Crippen LogP contribution in [0.1, 0.15) is 0 Å². The molecule has 0 heterocycles. The molecule has 16 rings (SSSR count). The van der Waals surface area contributed by atoms with Gasteiger partial charge in [-0.25, -0.2) is 0 Å². The highest BCUT2D eigenvalue weighted by atomic mass is 31.2. The molecular formula is C96H80B2P2. The van der Waals surface area contributed by atoms with Gasteiger partial charge in [-0.05, 0) is 97.1 Å². The smallest absolute Gasteiger partial charge is 0.144 e. The van der Waals surface area contributed by atoms with Crippen LogP contribution >= 0.6 is 14.5 Å². The fraction of sp³-hybridized carbons (Fsp3) is 0. The van der Waals surface area contributed by atoms with E-state index in [1.165, 1.54) is 86.1 Å². The van der Waals surface area contributed by atoms with Gasteiger partial charge < -0.3 is 0 Å². The lowest BCUT2D eigenvalue weighted by molar-refractivity contribution is 1.66. The van der Waals surface area contributed by atoms with E-state index in [0.29, 0.717) is 0 Å². The lowest BCUT2D eigenvalue weighted by atomic mass is 9.13. The maximum atomic E-state index is 2.28. The van der Waals surface area contributed by atoms with Crippen molar-refractivity contribution in [3.8, 4) is 0 Å². The predicted octanol–water partition coefficient (Wildman–Crippen LogP) is 14.7. The Kier molecular flexibility index (Phi) is 22.3. The standard InChI is InChI=1S/2C24H20B.2C24H20P/c4*1-5-13-21(14-6-1)25(22-15-7-2-8-16-22,23-17-9-3-10-18-23)24-19-11-4-12-20-24/h4*1-20H/q2*-1;2*+1. The number of hydrogen-bond donors (Lipinski definition) is 0. The highest BCUT2D eigenvalue weighted by Crippen LogP contribution is 2.55. The molecule has 0 fully saturated rings. The summed E-state index contributed by atoms with van der Waals surface area (Å²) in [6.07, 6.45) is -2.43. The maximum absolute atomic E-state index is 2.28. The zero-order valence-corrected chi connectivity index (χ0v) is 58.0. The van der Waals surface area contributed by atoms with Crippen molar-refractivity contribution in [1.29, 1.82) is 0 Å². The van der Waals surface area contributed by atoms with Crippen LogP contribution in [0.5, 0.6) is 0 Å². The molecule has 0 radical (unpaired) electrons. The van der Waals surface area contributed by atoms with Crippen LogP contribution in [0.3, 0.4) is 0 Å². The Morgan fingerprint density at radius 2 is 0.180 bits per heavy atom. The predicted molar refractivity (Wildman–Crippen MR) is 443 cm³/mol. The van der Waals surface area contributed by atoms with Crippen molar-refractivity contribution in [1.82, 2.24) is 0 Å². The quantitative estimate of drug-likeness (QED) is 0.0668. The Morgan fingerprint density at radius 3 is 0.270 bits per heavy atom. The van der Waals surface area contributed by atoms with Crippen LogP contribution in [-0.2, 0) is 0 Å². The van der Waals surface area contributed by atoms with E-state index in [0.717, 1.165) is 0 Å². The van der Waals surface area contributed by atoms with Gasteiger partial charge in [-0.15, -0.1) is 0 Å². The summed E-state index contributed by atoms with van der Waals surface area (Å²) in [6, 6.07) is 175. The summed E-state index contributed by atoms with van der Waals surface area (Å²) in [5, 5.41) is 11.1. The second-order valence-electron chi connectivity index (χ2n) is 25.0. The first-order valence-corrected chi connectivity index (χ1v) is 38.2. The van der Waals surface area contributed by atoms with Crippen LogP contribution < -0.4 is 86.1 Å². The minimum atomic E-state index is -1.91. The van der Waals surface area contributed by atoms with Crippen LogP contribution in [0.4, 0.5) is 0 Å². The molecule has 0 spiro atoms. The highest BCUT2D eigenvalue weighted by molar-refractivity contribution is 8.02. The monoisotopic (exact) mass is 1320 g/mol. The summed E-state index contributed by atoms with van der Waals surface area (Å²) in [6.45, 7) is 0. The van der Waals surface area contributed by atoms with Crippen LogP contribution in [-0.4, -0.2) is 12.3 Å². The second-order valence-corrected chi connectivity index (χ2v) is 31.9. The summed E-state index contributed by atoms with van der Waals surface area (Å²) in [4.78, 5) is 0. The third kappa shape index (κ3) is 14.0. The molecule has 0 amide bonds. The fourth-order valence-electron chi connectivity index (χ4n) is 15.2. The second kappa shape index (κ2) is 33.2. The minimum Gasteiger partial charge on any atom is -0.195 e. The molecule has 0 aliphatic carbocycles. The van der Waals surface area contributed by atoms with Crippen LogP contribution in [0.25, 0.3) is 0 Å². The van der Waals surface area contributed by atoms with E-state index in [9.17, 15) is 0 Å². The molecule has 4 heteroatoms. The van der Waals surface area contributed by atoms with Gasteiger partial charge in [0, 0.05) is 0 Å². The lowest BCUT2D eigenvalue weighted by Crippen LogP contribution is -2.74. The number of benzene rings is 16. The SMILES string of the molecule is c1ccc([B-](c2ccccc2)(c2ccccc2)c2ccccc2)cc1.c1ccc([B-](c2ccccc2)(c2ccccc2)c2ccccc2)cc1.c1ccc([P+](c2ccccc2)(c2ccccc2)c2ccccc2)cc1.c1ccc([P+](c2ccccc2)(c2ccccc2)c2ccccc2)cc1. The average molecular weight is 1320 g/mol. The maximum Gasteiger partial charge on any atom is 0.144 e. The molecule has 0 saturated carbocycles. The van der Waals surface area contributed by atoms with E-state index in [4.69, 9.17) is 0 Å². The van der Waals surface area contributed by atoms with Gasteiger partial charge in [0.05, 0.1) is 0 Å². The Labute approximate surface area is 594 Å². The zero-order chi connectivity index (χ0) is 67.8. The van der Waals surface area contributed by atoms with Crippen LogP contribution in [0.2, 0.25) is 0 Å². The van der Waals surface area contributed by atoms with Gasteiger partial charge in [-0.3, -0.25) is 0 Å². The molecule has 0 nitrogen and oxygen atoms in total. The summed E-state index contributed by atoms with van der Waals surface area (Å²) < 4.78 is 0. The first-order valence-electron chi connectivity index (χ1n) is 34.7. The Morgan fingerprint density at radius 1 is 0.100 bits per heavy atom. The van der Waals surface area contributed by atoms with Crippen molar-refractivity contribution < 1.29 is 0 Å². The normalized spacial score (nSPS) is 11.2. The molecule has 0 saturated heterocycles.